The standard InChI is InChI=1S/C17H32N4O3.CH2O2/c1-16(2,3)18-15(23)21-8-13-7-20(14(22)9-24-6)11-17(13,12-21)10-19(4)5;2-1-3/h13H,7-12H2,1-6H3,(H,18,23);1H,(H,2,3). The number of hydrogen-bond acceptors (Lipinski definition) is 5. The van der Waals surface area contributed by atoms with Gasteiger partial charge in [0.15, 0.2) is 0 Å². The molecule has 0 aromatic rings. The zero-order valence-electron chi connectivity index (χ0n) is 17.3. The van der Waals surface area contributed by atoms with Gasteiger partial charge in [-0.25, -0.2) is 4.79 Å². The molecule has 156 valence electrons. The van der Waals surface area contributed by atoms with Gasteiger partial charge in [0.1, 0.15) is 6.61 Å². The van der Waals surface area contributed by atoms with Gasteiger partial charge in [0.2, 0.25) is 5.91 Å². The lowest BCUT2D eigenvalue weighted by Gasteiger charge is -2.32. The van der Waals surface area contributed by atoms with Crippen LogP contribution in [0.1, 0.15) is 20.8 Å². The van der Waals surface area contributed by atoms with E-state index in [1.54, 1.807) is 7.11 Å². The Kier molecular flexibility index (Phi) is 8.04. The van der Waals surface area contributed by atoms with E-state index in [0.717, 1.165) is 6.54 Å². The molecule has 2 aliphatic heterocycles. The van der Waals surface area contributed by atoms with Crippen molar-refractivity contribution >= 4 is 18.4 Å². The van der Waals surface area contributed by atoms with Gasteiger partial charge in [-0.2, -0.15) is 0 Å². The molecule has 0 aliphatic carbocycles. The quantitative estimate of drug-likeness (QED) is 0.668. The molecule has 2 N–H and O–H groups in total. The molecule has 2 unspecified atom stereocenters. The van der Waals surface area contributed by atoms with E-state index in [1.807, 2.05) is 44.7 Å². The van der Waals surface area contributed by atoms with Crippen LogP contribution in [-0.4, -0.2) is 104 Å². The molecule has 2 atom stereocenters. The molecule has 2 rings (SSSR count). The van der Waals surface area contributed by atoms with Crippen LogP contribution >= 0.6 is 0 Å². The Labute approximate surface area is 161 Å². The number of nitrogens with zero attached hydrogens (tertiary/aromatic N) is 3. The van der Waals surface area contributed by atoms with Crippen molar-refractivity contribution in [2.24, 2.45) is 11.3 Å². The fraction of sp³-hybridized carbons (Fsp3) is 0.833. The molecular formula is C18H34N4O5. The fourth-order valence-electron chi connectivity index (χ4n) is 3.99. The van der Waals surface area contributed by atoms with E-state index in [1.165, 1.54) is 0 Å². The van der Waals surface area contributed by atoms with Crippen LogP contribution in [0.15, 0.2) is 0 Å². The Morgan fingerprint density at radius 1 is 1.26 bits per heavy atom. The Morgan fingerprint density at radius 3 is 2.26 bits per heavy atom. The minimum atomic E-state index is -0.250. The number of carbonyl (C=O) groups is 3. The van der Waals surface area contributed by atoms with Crippen LogP contribution in [0.5, 0.6) is 0 Å². The number of carboxylic acid groups (broad SMARTS) is 1. The van der Waals surface area contributed by atoms with Crippen molar-refractivity contribution in [3.05, 3.63) is 0 Å². The van der Waals surface area contributed by atoms with Crippen molar-refractivity contribution in [3.8, 4) is 0 Å². The monoisotopic (exact) mass is 386 g/mol. The van der Waals surface area contributed by atoms with E-state index >= 15 is 0 Å². The van der Waals surface area contributed by atoms with Gasteiger partial charge < -0.3 is 29.9 Å². The van der Waals surface area contributed by atoms with E-state index in [-0.39, 0.29) is 36.0 Å². The summed E-state index contributed by atoms with van der Waals surface area (Å²) in [5.41, 5.74) is -0.300. The molecule has 0 spiro atoms. The lowest BCUT2D eigenvalue weighted by molar-refractivity contribution is -0.134. The molecule has 2 aliphatic rings. The van der Waals surface area contributed by atoms with Gasteiger partial charge in [0.25, 0.3) is 6.47 Å². The number of hydrogen-bond donors (Lipinski definition) is 2. The molecule has 9 nitrogen and oxygen atoms in total. The summed E-state index contributed by atoms with van der Waals surface area (Å²) in [5.74, 6) is 0.349. The van der Waals surface area contributed by atoms with Gasteiger partial charge in [-0.3, -0.25) is 9.59 Å². The summed E-state index contributed by atoms with van der Waals surface area (Å²) >= 11 is 0. The average molecular weight is 386 g/mol. The number of carbonyl (C=O) groups excluding carboxylic acids is 2. The second-order valence-electron chi connectivity index (χ2n) is 8.67. The first-order valence-electron chi connectivity index (χ1n) is 9.04. The zero-order valence-corrected chi connectivity index (χ0v) is 17.3. The molecule has 27 heavy (non-hydrogen) atoms. The van der Waals surface area contributed by atoms with E-state index in [0.29, 0.717) is 32.1 Å². The predicted molar refractivity (Wildman–Crippen MR) is 101 cm³/mol. The Hall–Kier alpha value is -1.87. The highest BCUT2D eigenvalue weighted by atomic mass is 16.5. The first-order chi connectivity index (χ1) is 12.5. The Balaban J connectivity index is 0.00000114. The van der Waals surface area contributed by atoms with Gasteiger partial charge in [-0.15, -0.1) is 0 Å². The Morgan fingerprint density at radius 2 is 1.78 bits per heavy atom. The second-order valence-corrected chi connectivity index (χ2v) is 8.67. The summed E-state index contributed by atoms with van der Waals surface area (Å²) in [6.45, 7) is 9.49. The van der Waals surface area contributed by atoms with Crippen LogP contribution in [-0.2, 0) is 14.3 Å². The van der Waals surface area contributed by atoms with Gasteiger partial charge in [-0.1, -0.05) is 0 Å². The van der Waals surface area contributed by atoms with Gasteiger partial charge in [0.05, 0.1) is 0 Å². The zero-order chi connectivity index (χ0) is 20.8. The van der Waals surface area contributed by atoms with Gasteiger partial charge >= 0.3 is 6.03 Å². The van der Waals surface area contributed by atoms with Crippen molar-refractivity contribution in [2.75, 3.05) is 60.5 Å². The number of urea groups is 1. The van der Waals surface area contributed by atoms with E-state index in [4.69, 9.17) is 14.6 Å². The van der Waals surface area contributed by atoms with Crippen LogP contribution in [0, 0.1) is 11.3 Å². The van der Waals surface area contributed by atoms with Crippen LogP contribution in [0.25, 0.3) is 0 Å². The third-order valence-corrected chi connectivity index (χ3v) is 4.78. The summed E-state index contributed by atoms with van der Waals surface area (Å²) in [4.78, 5) is 39.1. The highest BCUT2D eigenvalue weighted by Gasteiger charge is 2.54. The fourth-order valence-corrected chi connectivity index (χ4v) is 3.99. The molecule has 0 radical (unpaired) electrons. The number of methoxy groups -OCH3 is 1. The van der Waals surface area contributed by atoms with Crippen LogP contribution < -0.4 is 5.32 Å². The molecule has 0 bridgehead atoms. The molecule has 0 saturated carbocycles. The molecule has 0 aromatic heterocycles. The molecule has 2 saturated heterocycles. The first kappa shape index (κ1) is 23.2. The number of nitrogens with one attached hydrogen (secondary N) is 1. The summed E-state index contributed by atoms with van der Waals surface area (Å²) < 4.78 is 4.99. The summed E-state index contributed by atoms with van der Waals surface area (Å²) in [6.07, 6.45) is 0. The highest BCUT2D eigenvalue weighted by molar-refractivity contribution is 5.78. The minimum absolute atomic E-state index is 0.00945. The van der Waals surface area contributed by atoms with Crippen molar-refractivity contribution < 1.29 is 24.2 Å². The maximum atomic E-state index is 12.5. The van der Waals surface area contributed by atoms with Crippen molar-refractivity contribution in [3.63, 3.8) is 0 Å². The average Bonchev–Trinajstić information content (AvgIpc) is 2.99. The van der Waals surface area contributed by atoms with E-state index in [2.05, 4.69) is 10.2 Å². The summed E-state index contributed by atoms with van der Waals surface area (Å²) in [7, 11) is 5.63. The lowest BCUT2D eigenvalue weighted by atomic mass is 9.80. The first-order valence-corrected chi connectivity index (χ1v) is 9.04. The minimum Gasteiger partial charge on any atom is -0.483 e. The third-order valence-electron chi connectivity index (χ3n) is 4.78. The number of ether oxygens (including phenoxy) is 1. The number of amides is 3. The lowest BCUT2D eigenvalue weighted by Crippen LogP contribution is -2.50. The molecule has 9 heteroatoms. The van der Waals surface area contributed by atoms with E-state index < -0.39 is 0 Å². The van der Waals surface area contributed by atoms with E-state index in [9.17, 15) is 9.59 Å². The summed E-state index contributed by atoms with van der Waals surface area (Å²) in [6, 6.07) is -0.00945. The number of likely N-dealkylation sites (tertiary alicyclic amines) is 2. The van der Waals surface area contributed by atoms with Crippen molar-refractivity contribution in [1.29, 1.82) is 0 Å². The predicted octanol–water partition coefficient (Wildman–Crippen LogP) is 0.164. The largest absolute Gasteiger partial charge is 0.483 e. The van der Waals surface area contributed by atoms with Gasteiger partial charge in [-0.05, 0) is 34.9 Å². The second kappa shape index (κ2) is 9.36. The summed E-state index contributed by atoms with van der Waals surface area (Å²) in [5, 5.41) is 9.94. The maximum Gasteiger partial charge on any atom is 0.317 e. The molecule has 0 aromatic carbocycles. The maximum absolute atomic E-state index is 12.5. The van der Waals surface area contributed by atoms with Crippen molar-refractivity contribution in [2.45, 2.75) is 26.3 Å². The number of fused-ring (bicyclic) bond motifs is 1. The van der Waals surface area contributed by atoms with Crippen LogP contribution in [0.4, 0.5) is 4.79 Å². The topological polar surface area (TPSA) is 102 Å². The Bertz CT molecular complexity index is 534. The molecule has 2 heterocycles. The molecule has 2 fully saturated rings. The molecule has 3 amide bonds. The highest BCUT2D eigenvalue weighted by Crippen LogP contribution is 2.43. The van der Waals surface area contributed by atoms with Crippen LogP contribution in [0.3, 0.4) is 0 Å². The normalized spacial score (nSPS) is 24.3. The van der Waals surface area contributed by atoms with Crippen molar-refractivity contribution in [1.82, 2.24) is 20.0 Å². The SMILES string of the molecule is COCC(=O)N1CC2CN(C(=O)NC(C)(C)C)CC2(CN(C)C)C1.O=CO. The van der Waals surface area contributed by atoms with Gasteiger partial charge in [0, 0.05) is 56.7 Å². The molecular weight excluding hydrogens is 352 g/mol. The smallest absolute Gasteiger partial charge is 0.317 e. The third kappa shape index (κ3) is 6.35. The number of rotatable bonds is 4. The van der Waals surface area contributed by atoms with Crippen LogP contribution in [0.2, 0.25) is 0 Å².